The molecule has 6 heteroatoms. The van der Waals surface area contributed by atoms with E-state index in [-0.39, 0.29) is 13.5 Å². The monoisotopic (exact) mass is 248 g/mol. The van der Waals surface area contributed by atoms with Crippen LogP contribution in [0.3, 0.4) is 0 Å². The first-order valence-electron chi connectivity index (χ1n) is 3.48. The Morgan fingerprint density at radius 3 is 2.71 bits per heavy atom. The highest BCUT2D eigenvalue weighted by Crippen LogP contribution is 2.25. The Bertz CT molecular complexity index is 329. The average molecular weight is 249 g/mol. The van der Waals surface area contributed by atoms with Crippen LogP contribution in [0.4, 0.5) is 5.69 Å². The topological polar surface area (TPSA) is 36.3 Å². The number of nitrogens with zero attached hydrogens (tertiary/aromatic N) is 2. The first-order valence-corrected chi connectivity index (χ1v) is 4.48. The van der Waals surface area contributed by atoms with E-state index in [1.54, 1.807) is 17.4 Å². The van der Waals surface area contributed by atoms with Crippen molar-refractivity contribution >= 4 is 43.3 Å². The molecule has 0 bridgehead atoms. The summed E-state index contributed by atoms with van der Waals surface area (Å²) < 4.78 is 6.04. The van der Waals surface area contributed by atoms with E-state index in [2.05, 4.69) is 9.80 Å². The van der Waals surface area contributed by atoms with E-state index in [4.69, 9.17) is 17.1 Å². The van der Waals surface area contributed by atoms with Crippen molar-refractivity contribution in [2.45, 2.75) is 0 Å². The molecule has 0 fully saturated rings. The predicted octanol–water partition coefficient (Wildman–Crippen LogP) is 2.84. The minimum absolute atomic E-state index is 0. The van der Waals surface area contributed by atoms with E-state index in [1.165, 1.54) is 0 Å². The number of rotatable bonds is 3. The highest BCUT2D eigenvalue weighted by molar-refractivity contribution is 7.96. The van der Waals surface area contributed by atoms with Gasteiger partial charge in [0.25, 0.3) is 0 Å². The summed E-state index contributed by atoms with van der Waals surface area (Å²) in [4.78, 5) is 0. The molecule has 0 aromatic heterocycles. The number of benzene rings is 1. The van der Waals surface area contributed by atoms with Crippen LogP contribution in [0.5, 0.6) is 0 Å². The van der Waals surface area contributed by atoms with E-state index in [9.17, 15) is 0 Å². The van der Waals surface area contributed by atoms with Gasteiger partial charge in [-0.05, 0) is 12.1 Å². The van der Waals surface area contributed by atoms with Crippen LogP contribution in [-0.2, 0) is 3.74 Å². The zero-order valence-corrected chi connectivity index (χ0v) is 9.97. The third kappa shape index (κ3) is 3.31. The molecular weight excluding hydrogens is 240 g/mol. The van der Waals surface area contributed by atoms with Crippen LogP contribution in [0.25, 0.3) is 0 Å². The maximum Gasteiger partial charge on any atom is 0.135 e. The summed E-state index contributed by atoms with van der Waals surface area (Å²) in [6.45, 7) is 0. The molecule has 14 heavy (non-hydrogen) atoms. The molecule has 0 aliphatic rings. The van der Waals surface area contributed by atoms with Gasteiger partial charge in [0.2, 0.25) is 0 Å². The van der Waals surface area contributed by atoms with Crippen LogP contribution in [0, 0.1) is 11.3 Å². The molecule has 0 aliphatic carbocycles. The van der Waals surface area contributed by atoms with E-state index in [0.29, 0.717) is 5.56 Å². The standard InChI is InChI=1S/C8H7ClN2OS.H2S/c1-11(13-12-9)8-5-3-2-4-7(8)6-10;/h2-5H,1H3;1H2. The van der Waals surface area contributed by atoms with Crippen LogP contribution < -0.4 is 4.31 Å². The molecule has 0 heterocycles. The van der Waals surface area contributed by atoms with Crippen LogP contribution in [-0.4, -0.2) is 7.05 Å². The van der Waals surface area contributed by atoms with Crippen molar-refractivity contribution in [3.05, 3.63) is 29.8 Å². The van der Waals surface area contributed by atoms with Crippen molar-refractivity contribution < 1.29 is 3.74 Å². The minimum atomic E-state index is 0. The minimum Gasteiger partial charge on any atom is -0.294 e. The molecule has 0 saturated heterocycles. The van der Waals surface area contributed by atoms with Gasteiger partial charge in [0.05, 0.1) is 23.1 Å². The van der Waals surface area contributed by atoms with Gasteiger partial charge in [-0.3, -0.25) is 4.31 Å². The molecule has 1 aromatic rings. The lowest BCUT2D eigenvalue weighted by molar-refractivity contribution is 0.725. The summed E-state index contributed by atoms with van der Waals surface area (Å²) in [6, 6.07) is 9.30. The van der Waals surface area contributed by atoms with Gasteiger partial charge in [0, 0.05) is 7.05 Å². The summed E-state index contributed by atoms with van der Waals surface area (Å²) >= 11 is 6.04. The maximum atomic E-state index is 8.78. The second kappa shape index (κ2) is 6.85. The first-order chi connectivity index (χ1) is 6.29. The van der Waals surface area contributed by atoms with Crippen molar-refractivity contribution in [1.82, 2.24) is 0 Å². The molecule has 0 spiro atoms. The van der Waals surface area contributed by atoms with Gasteiger partial charge >= 0.3 is 0 Å². The summed E-state index contributed by atoms with van der Waals surface area (Å²) in [7, 11) is 1.77. The highest BCUT2D eigenvalue weighted by Gasteiger charge is 2.06. The normalized spacial score (nSPS) is 8.64. The summed E-state index contributed by atoms with van der Waals surface area (Å²) in [6.07, 6.45) is 0. The third-order valence-electron chi connectivity index (χ3n) is 1.50. The Labute approximate surface area is 99.6 Å². The van der Waals surface area contributed by atoms with Crippen molar-refractivity contribution in [3.63, 3.8) is 0 Å². The fourth-order valence-electron chi connectivity index (χ4n) is 0.925. The Morgan fingerprint density at radius 1 is 1.50 bits per heavy atom. The fourth-order valence-corrected chi connectivity index (χ4v) is 1.50. The molecule has 1 aromatic carbocycles. The smallest absolute Gasteiger partial charge is 0.135 e. The largest absolute Gasteiger partial charge is 0.294 e. The van der Waals surface area contributed by atoms with Crippen LogP contribution in [0.1, 0.15) is 5.56 Å². The van der Waals surface area contributed by atoms with E-state index in [0.717, 1.165) is 17.9 Å². The Morgan fingerprint density at radius 2 is 2.14 bits per heavy atom. The van der Waals surface area contributed by atoms with Gasteiger partial charge in [-0.15, -0.1) is 0 Å². The molecule has 0 aliphatic heterocycles. The molecule has 1 rings (SSSR count). The van der Waals surface area contributed by atoms with Crippen LogP contribution >= 0.6 is 37.6 Å². The molecule has 0 N–H and O–H groups in total. The van der Waals surface area contributed by atoms with Crippen LogP contribution in [0.15, 0.2) is 24.3 Å². The molecular formula is C8H9ClN2OS2. The molecule has 3 nitrogen and oxygen atoms in total. The lowest BCUT2D eigenvalue weighted by Gasteiger charge is -2.15. The molecule has 76 valence electrons. The fraction of sp³-hybridized carbons (Fsp3) is 0.125. The van der Waals surface area contributed by atoms with Crippen molar-refractivity contribution in [2.75, 3.05) is 11.4 Å². The van der Waals surface area contributed by atoms with E-state index >= 15 is 0 Å². The number of para-hydroxylation sites is 1. The zero-order valence-electron chi connectivity index (χ0n) is 7.40. The van der Waals surface area contributed by atoms with Crippen molar-refractivity contribution in [3.8, 4) is 6.07 Å². The van der Waals surface area contributed by atoms with Gasteiger partial charge in [0.15, 0.2) is 0 Å². The average Bonchev–Trinajstić information content (AvgIpc) is 2.18. The van der Waals surface area contributed by atoms with Gasteiger partial charge < -0.3 is 0 Å². The second-order valence-electron chi connectivity index (χ2n) is 2.26. The SMILES string of the molecule is CN(SOCl)c1ccccc1C#N.S. The van der Waals surface area contributed by atoms with Gasteiger partial charge in [-0.2, -0.15) is 22.5 Å². The quantitative estimate of drug-likeness (QED) is 0.609. The molecule has 0 saturated carbocycles. The Balaban J connectivity index is 0.00000169. The molecule has 0 amide bonds. The van der Waals surface area contributed by atoms with Crippen molar-refractivity contribution in [1.29, 1.82) is 5.26 Å². The lowest BCUT2D eigenvalue weighted by Crippen LogP contribution is -2.07. The summed E-state index contributed by atoms with van der Waals surface area (Å²) in [5, 5.41) is 8.78. The van der Waals surface area contributed by atoms with Gasteiger partial charge in [-0.1, -0.05) is 12.1 Å². The zero-order chi connectivity index (χ0) is 9.68. The number of nitriles is 1. The maximum absolute atomic E-state index is 8.78. The van der Waals surface area contributed by atoms with Gasteiger partial charge in [-0.25, -0.2) is 0 Å². The van der Waals surface area contributed by atoms with E-state index < -0.39 is 0 Å². The molecule has 0 unspecified atom stereocenters. The third-order valence-corrected chi connectivity index (χ3v) is 2.15. The lowest BCUT2D eigenvalue weighted by atomic mass is 10.2. The molecule has 0 radical (unpaired) electrons. The Kier molecular flexibility index (Phi) is 6.58. The van der Waals surface area contributed by atoms with Crippen LogP contribution in [0.2, 0.25) is 0 Å². The van der Waals surface area contributed by atoms with Gasteiger partial charge in [0.1, 0.15) is 18.3 Å². The predicted molar refractivity (Wildman–Crippen MR) is 64.5 cm³/mol. The number of halogens is 1. The first kappa shape index (κ1) is 13.5. The van der Waals surface area contributed by atoms with Crippen molar-refractivity contribution in [2.24, 2.45) is 0 Å². The number of hydrogen-bond donors (Lipinski definition) is 0. The van der Waals surface area contributed by atoms with E-state index in [1.807, 2.05) is 18.2 Å². The molecule has 0 atom stereocenters. The summed E-state index contributed by atoms with van der Waals surface area (Å²) in [5.74, 6) is 0. The summed E-state index contributed by atoms with van der Waals surface area (Å²) in [5.41, 5.74) is 1.36. The highest BCUT2D eigenvalue weighted by atomic mass is 35.5. The second-order valence-corrected chi connectivity index (χ2v) is 3.46. The number of hydrogen-bond acceptors (Lipinski definition) is 4. The Hall–Kier alpha value is -0.540. The number of anilines is 1.